The number of hydrogen-bond donors (Lipinski definition) is 0. The van der Waals surface area contributed by atoms with Crippen LogP contribution in [0.4, 0.5) is 0 Å². The summed E-state index contributed by atoms with van der Waals surface area (Å²) in [6.45, 7) is 3.69. The molecule has 0 atom stereocenters. The highest BCUT2D eigenvalue weighted by Crippen LogP contribution is 2.12. The van der Waals surface area contributed by atoms with Gasteiger partial charge in [0, 0.05) is 28.6 Å². The molecule has 0 radical (unpaired) electrons. The molecule has 2 aromatic heterocycles. The summed E-state index contributed by atoms with van der Waals surface area (Å²) in [4.78, 5) is 24.0. The number of carbonyl (C=O) groups excluding carboxylic acids is 1. The van der Waals surface area contributed by atoms with Crippen molar-refractivity contribution in [1.29, 1.82) is 0 Å². The first-order valence-electron chi connectivity index (χ1n) is 5.63. The van der Waals surface area contributed by atoms with Gasteiger partial charge in [-0.05, 0) is 35.8 Å². The highest BCUT2D eigenvalue weighted by molar-refractivity contribution is 9.10. The third kappa shape index (κ3) is 3.57. The second-order valence-electron chi connectivity index (χ2n) is 4.00. The third-order valence-corrected chi connectivity index (χ3v) is 2.88. The van der Waals surface area contributed by atoms with E-state index in [2.05, 4.69) is 30.9 Å². The zero-order chi connectivity index (χ0) is 13.8. The molecule has 2 rings (SSSR count). The van der Waals surface area contributed by atoms with Gasteiger partial charge in [-0.15, -0.1) is 0 Å². The topological polar surface area (TPSA) is 65.0 Å². The predicted octanol–water partition coefficient (Wildman–Crippen LogP) is 2.61. The average molecular weight is 322 g/mol. The van der Waals surface area contributed by atoms with Crippen LogP contribution in [-0.2, 0) is 11.3 Å². The van der Waals surface area contributed by atoms with Crippen molar-refractivity contribution in [2.45, 2.75) is 20.5 Å². The molecule has 98 valence electrons. The second-order valence-corrected chi connectivity index (χ2v) is 4.92. The molecule has 6 heteroatoms. The van der Waals surface area contributed by atoms with E-state index in [4.69, 9.17) is 4.74 Å². The minimum absolute atomic E-state index is 0.165. The lowest BCUT2D eigenvalue weighted by Crippen LogP contribution is -2.09. The molecule has 5 nitrogen and oxygen atoms in total. The van der Waals surface area contributed by atoms with E-state index in [-0.39, 0.29) is 6.61 Å². The maximum atomic E-state index is 11.9. The Morgan fingerprint density at radius 2 is 2.11 bits per heavy atom. The summed E-state index contributed by atoms with van der Waals surface area (Å²) in [6.07, 6.45) is 4.80. The lowest BCUT2D eigenvalue weighted by Gasteiger charge is -2.06. The van der Waals surface area contributed by atoms with Gasteiger partial charge in [0.2, 0.25) is 0 Å². The molecule has 2 heterocycles. The maximum absolute atomic E-state index is 11.9. The fourth-order valence-electron chi connectivity index (χ4n) is 1.55. The molecule has 0 spiro atoms. The van der Waals surface area contributed by atoms with Gasteiger partial charge in [0.05, 0.1) is 11.3 Å². The van der Waals surface area contributed by atoms with Crippen LogP contribution in [0.2, 0.25) is 0 Å². The number of hydrogen-bond acceptors (Lipinski definition) is 5. The van der Waals surface area contributed by atoms with Crippen LogP contribution in [0, 0.1) is 13.8 Å². The number of carbonyl (C=O) groups is 1. The summed E-state index contributed by atoms with van der Waals surface area (Å²) < 4.78 is 6.05. The number of nitrogens with zero attached hydrogens (tertiary/aromatic N) is 3. The summed E-state index contributed by atoms with van der Waals surface area (Å²) in [7, 11) is 0. The van der Waals surface area contributed by atoms with Gasteiger partial charge in [-0.25, -0.2) is 14.8 Å². The van der Waals surface area contributed by atoms with E-state index in [1.165, 1.54) is 6.20 Å². The van der Waals surface area contributed by atoms with E-state index >= 15 is 0 Å². The van der Waals surface area contributed by atoms with Gasteiger partial charge >= 0.3 is 5.97 Å². The van der Waals surface area contributed by atoms with E-state index in [1.54, 1.807) is 26.2 Å². The quantitative estimate of drug-likeness (QED) is 0.813. The molecule has 0 bridgehead atoms. The monoisotopic (exact) mass is 321 g/mol. The number of pyridine rings is 1. The Morgan fingerprint density at radius 3 is 2.79 bits per heavy atom. The molecular formula is C13H12BrN3O2. The van der Waals surface area contributed by atoms with E-state index in [0.29, 0.717) is 17.1 Å². The van der Waals surface area contributed by atoms with Crippen molar-refractivity contribution in [2.75, 3.05) is 0 Å². The van der Waals surface area contributed by atoms with E-state index in [1.807, 2.05) is 6.07 Å². The van der Waals surface area contributed by atoms with Crippen molar-refractivity contribution < 1.29 is 9.53 Å². The molecule has 2 aromatic rings. The number of ether oxygens (including phenoxy) is 1. The van der Waals surface area contributed by atoms with Gasteiger partial charge in [-0.1, -0.05) is 0 Å². The van der Waals surface area contributed by atoms with Gasteiger partial charge in [-0.2, -0.15) is 0 Å². The largest absolute Gasteiger partial charge is 0.457 e. The minimum Gasteiger partial charge on any atom is -0.457 e. The van der Waals surface area contributed by atoms with Gasteiger partial charge < -0.3 is 4.74 Å². The molecular weight excluding hydrogens is 310 g/mol. The van der Waals surface area contributed by atoms with Gasteiger partial charge in [0.1, 0.15) is 12.4 Å². The first-order chi connectivity index (χ1) is 9.06. The first kappa shape index (κ1) is 13.6. The Morgan fingerprint density at radius 1 is 1.32 bits per heavy atom. The van der Waals surface area contributed by atoms with Crippen LogP contribution in [0.3, 0.4) is 0 Å². The maximum Gasteiger partial charge on any atom is 0.341 e. The fraction of sp³-hybridized carbons (Fsp3) is 0.231. The lowest BCUT2D eigenvalue weighted by molar-refractivity contribution is 0.0470. The minimum atomic E-state index is -0.433. The summed E-state index contributed by atoms with van der Waals surface area (Å²) in [5, 5.41) is 0. The third-order valence-electron chi connectivity index (χ3n) is 2.45. The van der Waals surface area contributed by atoms with Crippen molar-refractivity contribution >= 4 is 21.9 Å². The van der Waals surface area contributed by atoms with Crippen molar-refractivity contribution in [3.8, 4) is 0 Å². The molecule has 0 amide bonds. The van der Waals surface area contributed by atoms with Crippen molar-refractivity contribution in [1.82, 2.24) is 15.0 Å². The van der Waals surface area contributed by atoms with Crippen molar-refractivity contribution in [2.24, 2.45) is 0 Å². The Kier molecular flexibility index (Phi) is 4.21. The Labute approximate surface area is 119 Å². The van der Waals surface area contributed by atoms with Crippen molar-refractivity contribution in [3.05, 3.63) is 51.8 Å². The molecule has 19 heavy (non-hydrogen) atoms. The summed E-state index contributed by atoms with van der Waals surface area (Å²) in [6, 6.07) is 1.85. The Hall–Kier alpha value is -1.82. The van der Waals surface area contributed by atoms with Crippen LogP contribution in [0.15, 0.2) is 29.1 Å². The lowest BCUT2D eigenvalue weighted by atomic mass is 10.2. The zero-order valence-electron chi connectivity index (χ0n) is 10.6. The van der Waals surface area contributed by atoms with Gasteiger partial charge in [0.15, 0.2) is 0 Å². The highest BCUT2D eigenvalue weighted by atomic mass is 79.9. The summed E-state index contributed by atoms with van der Waals surface area (Å²) in [5.74, 6) is 0.197. The highest BCUT2D eigenvalue weighted by Gasteiger charge is 2.12. The molecule has 0 saturated heterocycles. The number of aryl methyl sites for hydroxylation is 2. The Balaban J connectivity index is 2.05. The normalized spacial score (nSPS) is 10.3. The second kappa shape index (κ2) is 5.88. The van der Waals surface area contributed by atoms with E-state index in [9.17, 15) is 4.79 Å². The van der Waals surface area contributed by atoms with E-state index in [0.717, 1.165) is 10.0 Å². The predicted molar refractivity (Wildman–Crippen MR) is 72.6 cm³/mol. The van der Waals surface area contributed by atoms with Crippen LogP contribution < -0.4 is 0 Å². The molecule has 0 N–H and O–H groups in total. The smallest absolute Gasteiger partial charge is 0.341 e. The molecule has 0 aromatic carbocycles. The molecule has 0 aliphatic carbocycles. The zero-order valence-corrected chi connectivity index (χ0v) is 12.1. The molecule has 0 aliphatic rings. The number of halogens is 1. The van der Waals surface area contributed by atoms with Crippen molar-refractivity contribution in [3.63, 3.8) is 0 Å². The number of rotatable bonds is 3. The summed E-state index contributed by atoms with van der Waals surface area (Å²) in [5.41, 5.74) is 1.81. The standard InChI is InChI=1S/C13H12BrN3O2/c1-8-12(6-16-9(2)17-8)13(18)19-7-10-3-11(14)5-15-4-10/h3-6H,7H2,1-2H3. The fourth-order valence-corrected chi connectivity index (χ4v) is 1.96. The van der Waals surface area contributed by atoms with E-state index < -0.39 is 5.97 Å². The van der Waals surface area contributed by atoms with Crippen LogP contribution >= 0.6 is 15.9 Å². The SMILES string of the molecule is Cc1ncc(C(=O)OCc2cncc(Br)c2)c(C)n1. The van der Waals surface area contributed by atoms with Crippen LogP contribution in [0.25, 0.3) is 0 Å². The molecule has 0 saturated carbocycles. The summed E-state index contributed by atoms with van der Waals surface area (Å²) >= 11 is 3.31. The average Bonchev–Trinajstić information content (AvgIpc) is 2.36. The number of aromatic nitrogens is 3. The Bertz CT molecular complexity index is 617. The van der Waals surface area contributed by atoms with Crippen LogP contribution in [-0.4, -0.2) is 20.9 Å². The molecule has 0 aliphatic heterocycles. The molecule has 0 unspecified atom stereocenters. The molecule has 0 fully saturated rings. The van der Waals surface area contributed by atoms with Crippen LogP contribution in [0.1, 0.15) is 27.4 Å². The first-order valence-corrected chi connectivity index (χ1v) is 6.42. The van der Waals surface area contributed by atoms with Gasteiger partial charge in [-0.3, -0.25) is 4.98 Å². The van der Waals surface area contributed by atoms with Crippen LogP contribution in [0.5, 0.6) is 0 Å². The number of esters is 1. The van der Waals surface area contributed by atoms with Gasteiger partial charge in [0.25, 0.3) is 0 Å².